The first-order valence-electron chi connectivity index (χ1n) is 9.91. The number of carbonyl (C=O) groups excluding carboxylic acids is 2. The summed E-state index contributed by atoms with van der Waals surface area (Å²) >= 11 is 3.27. The number of nitrogens with zero attached hydrogens (tertiary/aromatic N) is 1. The van der Waals surface area contributed by atoms with E-state index >= 15 is 0 Å². The number of sulfone groups is 1. The third-order valence-corrected chi connectivity index (χ3v) is 7.60. The van der Waals surface area contributed by atoms with Gasteiger partial charge in [-0.15, -0.1) is 13.2 Å². The first kappa shape index (κ1) is 25.0. The van der Waals surface area contributed by atoms with Gasteiger partial charge in [0.15, 0.2) is 9.84 Å². The number of fused-ring (bicyclic) bond motifs is 1. The van der Waals surface area contributed by atoms with E-state index in [0.29, 0.717) is 29.5 Å². The Balaban J connectivity index is 1.67. The molecule has 3 rings (SSSR count). The number of anilines is 2. The average Bonchev–Trinajstić information content (AvgIpc) is 3.14. The van der Waals surface area contributed by atoms with Crippen LogP contribution in [-0.4, -0.2) is 38.9 Å². The number of ether oxygens (including phenoxy) is 1. The molecule has 1 aliphatic rings. The lowest BCUT2D eigenvalue weighted by Crippen LogP contribution is -2.28. The molecule has 2 aromatic rings. The molecule has 0 atom stereocenters. The van der Waals surface area contributed by atoms with E-state index in [-0.39, 0.29) is 22.9 Å². The predicted molar refractivity (Wildman–Crippen MR) is 119 cm³/mol. The number of hydrogen-bond acceptors (Lipinski definition) is 5. The summed E-state index contributed by atoms with van der Waals surface area (Å²) < 4.78 is 66.5. The molecule has 2 aromatic carbocycles. The van der Waals surface area contributed by atoms with Crippen LogP contribution in [0.2, 0.25) is 0 Å². The van der Waals surface area contributed by atoms with Gasteiger partial charge in [0.25, 0.3) is 0 Å². The van der Waals surface area contributed by atoms with Gasteiger partial charge < -0.3 is 15.0 Å². The van der Waals surface area contributed by atoms with Crippen molar-refractivity contribution in [2.75, 3.05) is 22.5 Å². The van der Waals surface area contributed by atoms with E-state index in [1.807, 2.05) is 0 Å². The van der Waals surface area contributed by atoms with Crippen molar-refractivity contribution in [1.82, 2.24) is 0 Å². The lowest BCUT2D eigenvalue weighted by atomic mass is 10.2. The minimum atomic E-state index is -4.83. The molecule has 0 aromatic heterocycles. The summed E-state index contributed by atoms with van der Waals surface area (Å²) in [5, 5.41) is 2.44. The van der Waals surface area contributed by atoms with Gasteiger partial charge in [0.1, 0.15) is 5.75 Å². The molecule has 178 valence electrons. The van der Waals surface area contributed by atoms with E-state index in [9.17, 15) is 31.2 Å². The molecule has 0 unspecified atom stereocenters. The molecule has 12 heteroatoms. The molecule has 1 heterocycles. The van der Waals surface area contributed by atoms with Crippen LogP contribution in [0.5, 0.6) is 5.75 Å². The summed E-state index contributed by atoms with van der Waals surface area (Å²) in [5.41, 5.74) is 1.60. The van der Waals surface area contributed by atoms with E-state index < -0.39 is 33.6 Å². The first-order chi connectivity index (χ1) is 15.4. The Morgan fingerprint density at radius 3 is 2.45 bits per heavy atom. The van der Waals surface area contributed by atoms with Crippen LogP contribution >= 0.6 is 15.9 Å². The first-order valence-corrected chi connectivity index (χ1v) is 12.4. The van der Waals surface area contributed by atoms with E-state index in [4.69, 9.17) is 0 Å². The van der Waals surface area contributed by atoms with E-state index in [1.54, 1.807) is 17.9 Å². The molecular formula is C21H20BrF3N2O5S. The number of carbonyl (C=O) groups is 2. The molecule has 0 radical (unpaired) electrons. The summed E-state index contributed by atoms with van der Waals surface area (Å²) in [6.45, 7) is 2.21. The zero-order valence-electron chi connectivity index (χ0n) is 17.4. The third kappa shape index (κ3) is 6.26. The Labute approximate surface area is 197 Å². The molecular weight excluding hydrogens is 529 g/mol. The molecule has 0 fully saturated rings. The smallest absolute Gasteiger partial charge is 0.406 e. The number of halogens is 4. The second kappa shape index (κ2) is 9.72. The van der Waals surface area contributed by atoms with Gasteiger partial charge in [0.05, 0.1) is 10.6 Å². The maximum Gasteiger partial charge on any atom is 0.573 e. The maximum absolute atomic E-state index is 12.9. The van der Waals surface area contributed by atoms with Crippen LogP contribution in [0.3, 0.4) is 0 Å². The van der Waals surface area contributed by atoms with Crippen LogP contribution < -0.4 is 15.0 Å². The standard InChI is InChI=1S/C21H20BrF3N2O5S/c1-2-20(29)27-9-7-13-11-16(22)18(12-17(13)27)33(30,31)10-8-19(28)26-14-3-5-15(6-4-14)32-21(23,24)25/h3-6,11-12H,2,7-10H2,1H3,(H,26,28). The number of benzene rings is 2. The molecule has 1 aliphatic heterocycles. The van der Waals surface area contributed by atoms with Crippen molar-refractivity contribution in [2.24, 2.45) is 0 Å². The van der Waals surface area contributed by atoms with Crippen molar-refractivity contribution in [3.05, 3.63) is 46.4 Å². The van der Waals surface area contributed by atoms with E-state index in [1.165, 1.54) is 18.2 Å². The molecule has 0 bridgehead atoms. The van der Waals surface area contributed by atoms with Crippen molar-refractivity contribution in [3.8, 4) is 5.75 Å². The Morgan fingerprint density at radius 1 is 1.18 bits per heavy atom. The van der Waals surface area contributed by atoms with Crippen molar-refractivity contribution < 1.29 is 35.9 Å². The van der Waals surface area contributed by atoms with E-state index in [2.05, 4.69) is 26.0 Å². The Bertz CT molecular complexity index is 1170. The van der Waals surface area contributed by atoms with E-state index in [0.717, 1.165) is 17.7 Å². The molecule has 0 aliphatic carbocycles. The SMILES string of the molecule is CCC(=O)N1CCc2cc(Br)c(S(=O)(=O)CCC(=O)Nc3ccc(OC(F)(F)F)cc3)cc21. The minimum absolute atomic E-state index is 0.0153. The van der Waals surface area contributed by atoms with Crippen molar-refractivity contribution in [2.45, 2.75) is 37.4 Å². The Kier molecular flexibility index (Phi) is 7.37. The normalized spacial score (nSPS) is 13.5. The highest BCUT2D eigenvalue weighted by Crippen LogP contribution is 2.36. The molecule has 0 saturated heterocycles. The highest BCUT2D eigenvalue weighted by Gasteiger charge is 2.31. The maximum atomic E-state index is 12.9. The molecule has 1 N–H and O–H groups in total. The Morgan fingerprint density at radius 2 is 1.85 bits per heavy atom. The lowest BCUT2D eigenvalue weighted by molar-refractivity contribution is -0.274. The van der Waals surface area contributed by atoms with Crippen LogP contribution in [-0.2, 0) is 25.8 Å². The summed E-state index contributed by atoms with van der Waals surface area (Å²) in [6.07, 6.45) is -4.29. The van der Waals surface area contributed by atoms with Crippen molar-refractivity contribution in [1.29, 1.82) is 0 Å². The van der Waals surface area contributed by atoms with Gasteiger partial charge in [-0.05, 0) is 64.3 Å². The number of alkyl halides is 3. The zero-order chi connectivity index (χ0) is 24.4. The highest BCUT2D eigenvalue weighted by atomic mass is 79.9. The van der Waals surface area contributed by atoms with Gasteiger partial charge in [-0.3, -0.25) is 9.59 Å². The summed E-state index contributed by atoms with van der Waals surface area (Å²) in [6, 6.07) is 7.62. The van der Waals surface area contributed by atoms with Gasteiger partial charge in [-0.2, -0.15) is 0 Å². The largest absolute Gasteiger partial charge is 0.573 e. The number of nitrogens with one attached hydrogen (secondary N) is 1. The summed E-state index contributed by atoms with van der Waals surface area (Å²) in [7, 11) is -3.87. The van der Waals surface area contributed by atoms with Crippen molar-refractivity contribution >= 4 is 49.0 Å². The van der Waals surface area contributed by atoms with Crippen LogP contribution in [0.4, 0.5) is 24.5 Å². The summed E-state index contributed by atoms with van der Waals surface area (Å²) in [4.78, 5) is 25.9. The second-order valence-electron chi connectivity index (χ2n) is 7.25. The van der Waals surface area contributed by atoms with Gasteiger partial charge in [-0.1, -0.05) is 6.92 Å². The highest BCUT2D eigenvalue weighted by molar-refractivity contribution is 9.10. The second-order valence-corrected chi connectivity index (χ2v) is 10.2. The third-order valence-electron chi connectivity index (χ3n) is 4.94. The van der Waals surface area contributed by atoms with Crippen LogP contribution in [0.25, 0.3) is 0 Å². The fourth-order valence-corrected chi connectivity index (χ4v) is 5.83. The number of hydrogen-bond donors (Lipinski definition) is 1. The zero-order valence-corrected chi connectivity index (χ0v) is 19.8. The molecule has 0 spiro atoms. The quantitative estimate of drug-likeness (QED) is 0.551. The minimum Gasteiger partial charge on any atom is -0.406 e. The van der Waals surface area contributed by atoms with Crippen molar-refractivity contribution in [3.63, 3.8) is 0 Å². The monoisotopic (exact) mass is 548 g/mol. The van der Waals surface area contributed by atoms with Gasteiger partial charge in [-0.25, -0.2) is 8.42 Å². The van der Waals surface area contributed by atoms with Gasteiger partial charge in [0, 0.05) is 35.2 Å². The average molecular weight is 549 g/mol. The molecule has 0 saturated carbocycles. The number of rotatable bonds is 7. The van der Waals surface area contributed by atoms with Crippen LogP contribution in [0.15, 0.2) is 45.8 Å². The summed E-state index contributed by atoms with van der Waals surface area (Å²) in [5.74, 6) is -1.67. The van der Waals surface area contributed by atoms with Crippen LogP contribution in [0, 0.1) is 0 Å². The lowest BCUT2D eigenvalue weighted by Gasteiger charge is -2.18. The molecule has 2 amide bonds. The Hall–Kier alpha value is -2.60. The van der Waals surface area contributed by atoms with Gasteiger partial charge in [0.2, 0.25) is 11.8 Å². The van der Waals surface area contributed by atoms with Crippen LogP contribution in [0.1, 0.15) is 25.3 Å². The molecule has 7 nitrogen and oxygen atoms in total. The fraction of sp³-hybridized carbons (Fsp3) is 0.333. The predicted octanol–water partition coefficient (Wildman–Crippen LogP) is 4.45. The fourth-order valence-electron chi connectivity index (χ4n) is 3.38. The molecule has 33 heavy (non-hydrogen) atoms. The topological polar surface area (TPSA) is 92.8 Å². The number of amides is 2. The van der Waals surface area contributed by atoms with Gasteiger partial charge >= 0.3 is 6.36 Å².